The number of nitrogens with two attached hydrogens (primary N) is 1. The molecule has 7 nitrogen and oxygen atoms in total. The Morgan fingerprint density at radius 2 is 1.95 bits per heavy atom. The summed E-state index contributed by atoms with van der Waals surface area (Å²) in [5.41, 5.74) is 5.66. The number of benzene rings is 1. The van der Waals surface area contributed by atoms with Crippen molar-refractivity contribution < 1.29 is 19.1 Å². The van der Waals surface area contributed by atoms with Crippen molar-refractivity contribution in [1.29, 1.82) is 0 Å². The van der Waals surface area contributed by atoms with Crippen LogP contribution in [0.2, 0.25) is 0 Å². The molecule has 0 unspecified atom stereocenters. The van der Waals surface area contributed by atoms with Crippen LogP contribution in [-0.4, -0.2) is 35.9 Å². The van der Waals surface area contributed by atoms with Gasteiger partial charge in [-0.2, -0.15) is 0 Å². The van der Waals surface area contributed by atoms with Crippen LogP contribution in [0.3, 0.4) is 0 Å². The SMILES string of the molecule is NC(=O)CNC(=O)COC(=O)c1cccc2cccnc12. The highest BCUT2D eigenvalue weighted by Crippen LogP contribution is 2.16. The second-order valence-corrected chi connectivity index (χ2v) is 4.20. The Kier molecular flexibility index (Phi) is 4.45. The summed E-state index contributed by atoms with van der Waals surface area (Å²) in [6, 6.07) is 8.67. The number of aromatic nitrogens is 1. The Bertz CT molecular complexity index is 694. The highest BCUT2D eigenvalue weighted by atomic mass is 16.5. The number of para-hydroxylation sites is 1. The predicted molar refractivity (Wildman–Crippen MR) is 74.2 cm³/mol. The van der Waals surface area contributed by atoms with Crippen molar-refractivity contribution in [2.75, 3.05) is 13.2 Å². The summed E-state index contributed by atoms with van der Waals surface area (Å²) in [6.45, 7) is -0.790. The zero-order valence-corrected chi connectivity index (χ0v) is 11.0. The minimum atomic E-state index is -0.673. The van der Waals surface area contributed by atoms with E-state index in [0.717, 1.165) is 5.39 Å². The van der Waals surface area contributed by atoms with Gasteiger partial charge in [0.05, 0.1) is 17.6 Å². The maximum Gasteiger partial charge on any atom is 0.340 e. The lowest BCUT2D eigenvalue weighted by Gasteiger charge is -2.07. The van der Waals surface area contributed by atoms with Crippen molar-refractivity contribution in [2.24, 2.45) is 5.73 Å². The quantitative estimate of drug-likeness (QED) is 0.751. The van der Waals surface area contributed by atoms with Crippen LogP contribution in [0.1, 0.15) is 10.4 Å². The number of ether oxygens (including phenoxy) is 1. The van der Waals surface area contributed by atoms with Gasteiger partial charge in [-0.1, -0.05) is 18.2 Å². The Labute approximate surface area is 120 Å². The fourth-order valence-electron chi connectivity index (χ4n) is 1.71. The molecule has 1 aromatic heterocycles. The molecule has 1 aromatic carbocycles. The van der Waals surface area contributed by atoms with E-state index < -0.39 is 24.4 Å². The largest absolute Gasteiger partial charge is 0.452 e. The van der Waals surface area contributed by atoms with Crippen LogP contribution in [0, 0.1) is 0 Å². The smallest absolute Gasteiger partial charge is 0.340 e. The number of nitrogens with zero attached hydrogens (tertiary/aromatic N) is 1. The molecule has 1 heterocycles. The summed E-state index contributed by atoms with van der Waals surface area (Å²) in [4.78, 5) is 37.9. The number of nitrogens with one attached hydrogen (secondary N) is 1. The normalized spacial score (nSPS) is 10.1. The third kappa shape index (κ3) is 3.75. The first-order chi connectivity index (χ1) is 10.1. The molecule has 0 bridgehead atoms. The monoisotopic (exact) mass is 287 g/mol. The number of fused-ring (bicyclic) bond motifs is 1. The van der Waals surface area contributed by atoms with Crippen LogP contribution >= 0.6 is 0 Å². The zero-order valence-electron chi connectivity index (χ0n) is 11.0. The molecule has 0 saturated heterocycles. The lowest BCUT2D eigenvalue weighted by atomic mass is 10.1. The van der Waals surface area contributed by atoms with Crippen LogP contribution in [0.15, 0.2) is 36.5 Å². The molecule has 0 aliphatic rings. The van der Waals surface area contributed by atoms with Crippen molar-refractivity contribution in [3.8, 4) is 0 Å². The van der Waals surface area contributed by atoms with Gasteiger partial charge in [-0.05, 0) is 12.1 Å². The average Bonchev–Trinajstić information content (AvgIpc) is 2.50. The predicted octanol–water partition coefficient (Wildman–Crippen LogP) is -0.00690. The van der Waals surface area contributed by atoms with Crippen molar-refractivity contribution in [3.05, 3.63) is 42.1 Å². The lowest BCUT2D eigenvalue weighted by molar-refractivity contribution is -0.127. The zero-order chi connectivity index (χ0) is 15.2. The first-order valence-electron chi connectivity index (χ1n) is 6.14. The number of carbonyl (C=O) groups excluding carboxylic acids is 3. The minimum absolute atomic E-state index is 0.274. The Balaban J connectivity index is 2.03. The van der Waals surface area contributed by atoms with E-state index in [1.54, 1.807) is 24.4 Å². The number of primary amides is 1. The standard InChI is InChI=1S/C14H13N3O4/c15-11(18)7-17-12(19)8-21-14(20)10-5-1-3-9-4-2-6-16-13(9)10/h1-6H,7-8H2,(H2,15,18)(H,17,19). The maximum absolute atomic E-state index is 12.0. The third-order valence-corrected chi connectivity index (χ3v) is 2.65. The number of pyridine rings is 1. The van der Waals surface area contributed by atoms with Gasteiger partial charge < -0.3 is 15.8 Å². The van der Waals surface area contributed by atoms with Crippen LogP contribution < -0.4 is 11.1 Å². The fraction of sp³-hybridized carbons (Fsp3) is 0.143. The molecule has 0 radical (unpaired) electrons. The average molecular weight is 287 g/mol. The molecule has 0 saturated carbocycles. The van der Waals surface area contributed by atoms with E-state index in [0.29, 0.717) is 5.52 Å². The van der Waals surface area contributed by atoms with E-state index in [1.807, 2.05) is 12.1 Å². The number of amides is 2. The topological polar surface area (TPSA) is 111 Å². The van der Waals surface area contributed by atoms with E-state index in [4.69, 9.17) is 10.5 Å². The molecular formula is C14H13N3O4. The summed E-state index contributed by atoms with van der Waals surface area (Å²) in [5.74, 6) is -1.93. The number of esters is 1. The number of carbonyl (C=O) groups is 3. The second kappa shape index (κ2) is 6.47. The van der Waals surface area contributed by atoms with Gasteiger partial charge in [0.25, 0.3) is 5.91 Å². The van der Waals surface area contributed by atoms with Gasteiger partial charge >= 0.3 is 5.97 Å². The molecule has 0 atom stereocenters. The minimum Gasteiger partial charge on any atom is -0.452 e. The summed E-state index contributed by atoms with van der Waals surface area (Å²) in [7, 11) is 0. The van der Waals surface area contributed by atoms with Gasteiger partial charge in [-0.25, -0.2) is 4.79 Å². The molecule has 21 heavy (non-hydrogen) atoms. The number of rotatable bonds is 5. The third-order valence-electron chi connectivity index (χ3n) is 2.65. The van der Waals surface area contributed by atoms with Crippen molar-refractivity contribution in [1.82, 2.24) is 10.3 Å². The van der Waals surface area contributed by atoms with Crippen LogP contribution in [-0.2, 0) is 14.3 Å². The summed E-state index contributed by atoms with van der Waals surface area (Å²) < 4.78 is 4.89. The summed E-state index contributed by atoms with van der Waals surface area (Å²) in [5, 5.41) is 3.02. The number of hydrogen-bond acceptors (Lipinski definition) is 5. The molecule has 0 aliphatic heterocycles. The van der Waals surface area contributed by atoms with Gasteiger partial charge in [-0.3, -0.25) is 14.6 Å². The molecular weight excluding hydrogens is 274 g/mol. The Hall–Kier alpha value is -2.96. The maximum atomic E-state index is 12.0. The van der Waals surface area contributed by atoms with Crippen LogP contribution in [0.25, 0.3) is 10.9 Å². The van der Waals surface area contributed by atoms with Crippen molar-refractivity contribution in [2.45, 2.75) is 0 Å². The molecule has 2 aromatic rings. The highest BCUT2D eigenvalue weighted by molar-refractivity contribution is 6.03. The molecule has 7 heteroatoms. The molecule has 0 spiro atoms. The van der Waals surface area contributed by atoms with Gasteiger partial charge in [-0.15, -0.1) is 0 Å². The van der Waals surface area contributed by atoms with Gasteiger partial charge in [0, 0.05) is 11.6 Å². The van der Waals surface area contributed by atoms with E-state index >= 15 is 0 Å². The fourth-order valence-corrected chi connectivity index (χ4v) is 1.71. The molecule has 2 amide bonds. The molecule has 0 aliphatic carbocycles. The molecule has 0 fully saturated rings. The van der Waals surface area contributed by atoms with Crippen molar-refractivity contribution in [3.63, 3.8) is 0 Å². The second-order valence-electron chi connectivity index (χ2n) is 4.20. The van der Waals surface area contributed by atoms with E-state index in [2.05, 4.69) is 10.3 Å². The van der Waals surface area contributed by atoms with E-state index in [-0.39, 0.29) is 12.1 Å². The van der Waals surface area contributed by atoms with Crippen LogP contribution in [0.4, 0.5) is 0 Å². The van der Waals surface area contributed by atoms with Crippen molar-refractivity contribution >= 4 is 28.7 Å². The first kappa shape index (κ1) is 14.4. The molecule has 2 rings (SSSR count). The summed E-state index contributed by atoms with van der Waals surface area (Å²) >= 11 is 0. The van der Waals surface area contributed by atoms with Crippen LogP contribution in [0.5, 0.6) is 0 Å². The van der Waals surface area contributed by atoms with Gasteiger partial charge in [0.1, 0.15) is 0 Å². The number of hydrogen-bond donors (Lipinski definition) is 2. The lowest BCUT2D eigenvalue weighted by Crippen LogP contribution is -2.36. The Morgan fingerprint density at radius 3 is 2.71 bits per heavy atom. The summed E-state index contributed by atoms with van der Waals surface area (Å²) in [6.07, 6.45) is 1.57. The van der Waals surface area contributed by atoms with Gasteiger partial charge in [0.2, 0.25) is 5.91 Å². The Morgan fingerprint density at radius 1 is 1.19 bits per heavy atom. The highest BCUT2D eigenvalue weighted by Gasteiger charge is 2.14. The first-order valence-corrected chi connectivity index (χ1v) is 6.14. The van der Waals surface area contributed by atoms with E-state index in [9.17, 15) is 14.4 Å². The van der Waals surface area contributed by atoms with E-state index in [1.165, 1.54) is 0 Å². The molecule has 3 N–H and O–H groups in total. The van der Waals surface area contributed by atoms with Gasteiger partial charge in [0.15, 0.2) is 6.61 Å². The molecule has 108 valence electrons.